The van der Waals surface area contributed by atoms with Crippen molar-refractivity contribution in [1.82, 2.24) is 4.98 Å². The topological polar surface area (TPSA) is 52.0 Å². The van der Waals surface area contributed by atoms with Gasteiger partial charge in [-0.2, -0.15) is 13.2 Å². The van der Waals surface area contributed by atoms with Gasteiger partial charge in [0.25, 0.3) is 0 Å². The summed E-state index contributed by atoms with van der Waals surface area (Å²) in [5.41, 5.74) is 6.48. The van der Waals surface area contributed by atoms with E-state index in [1.165, 1.54) is 6.07 Å². The quantitative estimate of drug-likeness (QED) is 0.682. The SMILES string of the molecule is Nc1ccccc1-c1nc2cc(C(F)(F)F)ccc2o1. The number of nitrogen functional groups attached to an aromatic ring is 1. The molecule has 1 aromatic heterocycles. The van der Waals surface area contributed by atoms with Gasteiger partial charge >= 0.3 is 6.18 Å². The monoisotopic (exact) mass is 278 g/mol. The summed E-state index contributed by atoms with van der Waals surface area (Å²) >= 11 is 0. The van der Waals surface area contributed by atoms with Crippen LogP contribution in [0.5, 0.6) is 0 Å². The normalized spacial score (nSPS) is 11.9. The van der Waals surface area contributed by atoms with E-state index in [9.17, 15) is 13.2 Å². The Bertz CT molecular complexity index is 777. The fourth-order valence-electron chi connectivity index (χ4n) is 1.91. The molecular weight excluding hydrogens is 269 g/mol. The highest BCUT2D eigenvalue weighted by Gasteiger charge is 2.31. The van der Waals surface area contributed by atoms with Gasteiger partial charge in [0.1, 0.15) is 5.52 Å². The highest BCUT2D eigenvalue weighted by atomic mass is 19.4. The van der Waals surface area contributed by atoms with Crippen molar-refractivity contribution in [3.05, 3.63) is 48.0 Å². The van der Waals surface area contributed by atoms with Crippen LogP contribution in [0.25, 0.3) is 22.6 Å². The van der Waals surface area contributed by atoms with Crippen molar-refractivity contribution in [2.45, 2.75) is 6.18 Å². The van der Waals surface area contributed by atoms with Gasteiger partial charge in [-0.05, 0) is 30.3 Å². The number of halogens is 3. The highest BCUT2D eigenvalue weighted by molar-refractivity contribution is 5.80. The zero-order valence-corrected chi connectivity index (χ0v) is 10.1. The zero-order chi connectivity index (χ0) is 14.3. The molecule has 0 spiro atoms. The third kappa shape index (κ3) is 2.09. The van der Waals surface area contributed by atoms with E-state index in [0.29, 0.717) is 11.3 Å². The van der Waals surface area contributed by atoms with Crippen LogP contribution in [-0.2, 0) is 6.18 Å². The maximum atomic E-state index is 12.6. The summed E-state index contributed by atoms with van der Waals surface area (Å²) in [7, 11) is 0. The van der Waals surface area contributed by atoms with Crippen molar-refractivity contribution in [2.24, 2.45) is 0 Å². The number of hydrogen-bond acceptors (Lipinski definition) is 3. The number of benzene rings is 2. The molecule has 2 aromatic carbocycles. The lowest BCUT2D eigenvalue weighted by atomic mass is 10.2. The van der Waals surface area contributed by atoms with Crippen LogP contribution >= 0.6 is 0 Å². The first kappa shape index (κ1) is 12.5. The van der Waals surface area contributed by atoms with Gasteiger partial charge in [-0.3, -0.25) is 0 Å². The smallest absolute Gasteiger partial charge is 0.416 e. The second-order valence-electron chi connectivity index (χ2n) is 4.29. The molecule has 6 heteroatoms. The molecule has 2 N–H and O–H groups in total. The van der Waals surface area contributed by atoms with Gasteiger partial charge in [0.05, 0.1) is 11.1 Å². The highest BCUT2D eigenvalue weighted by Crippen LogP contribution is 2.33. The Morgan fingerprint density at radius 2 is 1.80 bits per heavy atom. The molecule has 0 aliphatic rings. The molecule has 0 aliphatic heterocycles. The Hall–Kier alpha value is -2.50. The van der Waals surface area contributed by atoms with E-state index in [2.05, 4.69) is 4.98 Å². The summed E-state index contributed by atoms with van der Waals surface area (Å²) in [5, 5.41) is 0. The van der Waals surface area contributed by atoms with E-state index in [0.717, 1.165) is 12.1 Å². The van der Waals surface area contributed by atoms with Gasteiger partial charge in [-0.25, -0.2) is 4.98 Å². The number of fused-ring (bicyclic) bond motifs is 1. The van der Waals surface area contributed by atoms with Crippen LogP contribution in [0.3, 0.4) is 0 Å². The number of oxazole rings is 1. The van der Waals surface area contributed by atoms with Crippen LogP contribution in [0, 0.1) is 0 Å². The summed E-state index contributed by atoms with van der Waals surface area (Å²) in [4.78, 5) is 4.07. The van der Waals surface area contributed by atoms with Crippen LogP contribution in [0.4, 0.5) is 18.9 Å². The Morgan fingerprint density at radius 3 is 2.50 bits per heavy atom. The summed E-state index contributed by atoms with van der Waals surface area (Å²) in [6.45, 7) is 0. The van der Waals surface area contributed by atoms with Crippen LogP contribution in [0.15, 0.2) is 46.9 Å². The van der Waals surface area contributed by atoms with Crippen LogP contribution in [0.2, 0.25) is 0 Å². The lowest BCUT2D eigenvalue weighted by Crippen LogP contribution is -2.03. The molecule has 1 heterocycles. The van der Waals surface area contributed by atoms with Gasteiger partial charge in [-0.15, -0.1) is 0 Å². The number of aromatic nitrogens is 1. The Kier molecular flexibility index (Phi) is 2.67. The maximum Gasteiger partial charge on any atom is 0.416 e. The second-order valence-corrected chi connectivity index (χ2v) is 4.29. The first-order chi connectivity index (χ1) is 9.45. The summed E-state index contributed by atoms with van der Waals surface area (Å²) in [6, 6.07) is 10.1. The zero-order valence-electron chi connectivity index (χ0n) is 10.1. The molecule has 0 aliphatic carbocycles. The molecule has 0 amide bonds. The number of alkyl halides is 3. The van der Waals surface area contributed by atoms with Crippen LogP contribution in [-0.4, -0.2) is 4.98 Å². The van der Waals surface area contributed by atoms with Crippen molar-refractivity contribution >= 4 is 16.8 Å². The largest absolute Gasteiger partial charge is 0.436 e. The van der Waals surface area contributed by atoms with E-state index in [4.69, 9.17) is 10.2 Å². The van der Waals surface area contributed by atoms with Crippen molar-refractivity contribution in [1.29, 1.82) is 0 Å². The maximum absolute atomic E-state index is 12.6. The molecule has 3 aromatic rings. The van der Waals surface area contributed by atoms with Gasteiger partial charge in [0.2, 0.25) is 5.89 Å². The molecule has 0 radical (unpaired) electrons. The van der Waals surface area contributed by atoms with Gasteiger partial charge < -0.3 is 10.2 Å². The minimum Gasteiger partial charge on any atom is -0.436 e. The fraction of sp³-hybridized carbons (Fsp3) is 0.0714. The molecule has 102 valence electrons. The first-order valence-corrected chi connectivity index (χ1v) is 5.78. The minimum absolute atomic E-state index is 0.151. The van der Waals surface area contributed by atoms with Crippen molar-refractivity contribution in [2.75, 3.05) is 5.73 Å². The third-order valence-electron chi connectivity index (χ3n) is 2.91. The predicted octanol–water partition coefficient (Wildman–Crippen LogP) is 4.10. The molecule has 3 nitrogen and oxygen atoms in total. The number of anilines is 1. The van der Waals surface area contributed by atoms with Crippen LogP contribution < -0.4 is 5.73 Å². The molecule has 0 unspecified atom stereocenters. The van der Waals surface area contributed by atoms with Crippen molar-refractivity contribution in [3.63, 3.8) is 0 Å². The van der Waals surface area contributed by atoms with Gasteiger partial charge in [0, 0.05) is 5.69 Å². The average Bonchev–Trinajstić information content (AvgIpc) is 2.80. The number of para-hydroxylation sites is 1. The molecule has 0 saturated heterocycles. The van der Waals surface area contributed by atoms with E-state index < -0.39 is 11.7 Å². The van der Waals surface area contributed by atoms with E-state index in [1.807, 2.05) is 0 Å². The Balaban J connectivity index is 2.14. The predicted molar refractivity (Wildman–Crippen MR) is 68.9 cm³/mol. The fourth-order valence-corrected chi connectivity index (χ4v) is 1.91. The van der Waals surface area contributed by atoms with E-state index in [1.54, 1.807) is 24.3 Å². The first-order valence-electron chi connectivity index (χ1n) is 5.78. The summed E-state index contributed by atoms with van der Waals surface area (Å²) < 4.78 is 43.3. The van der Waals surface area contributed by atoms with Crippen molar-refractivity contribution in [3.8, 4) is 11.5 Å². The molecular formula is C14H9F3N2O. The number of rotatable bonds is 1. The Labute approximate surface area is 111 Å². The molecule has 0 fully saturated rings. The Morgan fingerprint density at radius 1 is 1.05 bits per heavy atom. The van der Waals surface area contributed by atoms with Crippen molar-refractivity contribution < 1.29 is 17.6 Å². The third-order valence-corrected chi connectivity index (χ3v) is 2.91. The average molecular weight is 278 g/mol. The number of hydrogen-bond donors (Lipinski definition) is 1. The lowest BCUT2D eigenvalue weighted by molar-refractivity contribution is -0.137. The summed E-state index contributed by atoms with van der Waals surface area (Å²) in [6.07, 6.45) is -4.40. The lowest BCUT2D eigenvalue weighted by Gasteiger charge is -2.04. The number of nitrogens with two attached hydrogens (primary N) is 1. The van der Waals surface area contributed by atoms with Gasteiger partial charge in [0.15, 0.2) is 5.58 Å². The standard InChI is InChI=1S/C14H9F3N2O/c15-14(16,17)8-5-6-12-11(7-8)19-13(20-12)9-3-1-2-4-10(9)18/h1-7H,18H2. The second kappa shape index (κ2) is 4.26. The molecule has 20 heavy (non-hydrogen) atoms. The van der Waals surface area contributed by atoms with E-state index in [-0.39, 0.29) is 17.0 Å². The molecule has 0 bridgehead atoms. The van der Waals surface area contributed by atoms with E-state index >= 15 is 0 Å². The molecule has 0 saturated carbocycles. The summed E-state index contributed by atoms with van der Waals surface area (Å²) in [5.74, 6) is 0.206. The molecule has 0 atom stereocenters. The minimum atomic E-state index is -4.40. The molecule has 3 rings (SSSR count). The number of nitrogens with zero attached hydrogens (tertiary/aromatic N) is 1. The van der Waals surface area contributed by atoms with Crippen LogP contribution in [0.1, 0.15) is 5.56 Å². The van der Waals surface area contributed by atoms with Gasteiger partial charge in [-0.1, -0.05) is 12.1 Å².